The molecule has 2 aromatic carbocycles. The lowest BCUT2D eigenvalue weighted by Gasteiger charge is -2.21. The summed E-state index contributed by atoms with van der Waals surface area (Å²) < 4.78 is 22.5. The van der Waals surface area contributed by atoms with Crippen LogP contribution in [0, 0.1) is 0 Å². The molecule has 4 nitrogen and oxygen atoms in total. The third-order valence-corrected chi connectivity index (χ3v) is 4.19. The largest absolute Gasteiger partial charge is 0.493 e. The zero-order chi connectivity index (χ0) is 18.2. The maximum Gasteiger partial charge on any atom is 0.162 e. The van der Waals surface area contributed by atoms with Crippen molar-refractivity contribution in [2.75, 3.05) is 21.3 Å². The van der Waals surface area contributed by atoms with E-state index in [2.05, 4.69) is 26.0 Å². The van der Waals surface area contributed by atoms with Crippen LogP contribution < -0.4 is 18.9 Å². The van der Waals surface area contributed by atoms with Crippen LogP contribution in [0.3, 0.4) is 0 Å². The third-order valence-electron chi connectivity index (χ3n) is 4.19. The first-order valence-corrected chi connectivity index (χ1v) is 8.72. The molecule has 0 fully saturated rings. The van der Waals surface area contributed by atoms with Crippen LogP contribution in [0.25, 0.3) is 0 Å². The van der Waals surface area contributed by atoms with Crippen LogP contribution in [0.1, 0.15) is 43.9 Å². The first kappa shape index (κ1) is 19.0. The topological polar surface area (TPSA) is 36.9 Å². The molecule has 136 valence electrons. The molecular weight excluding hydrogens is 316 g/mol. The highest BCUT2D eigenvalue weighted by molar-refractivity contribution is 5.45. The minimum absolute atomic E-state index is 0.0919. The van der Waals surface area contributed by atoms with Gasteiger partial charge in [-0.1, -0.05) is 32.4 Å². The summed E-state index contributed by atoms with van der Waals surface area (Å²) >= 11 is 0. The molecular formula is C21H28O4. The Hall–Kier alpha value is -2.36. The van der Waals surface area contributed by atoms with E-state index in [9.17, 15) is 0 Å². The molecule has 1 atom stereocenters. The van der Waals surface area contributed by atoms with E-state index in [1.54, 1.807) is 21.3 Å². The first-order valence-electron chi connectivity index (χ1n) is 8.72. The molecule has 0 spiro atoms. The number of benzene rings is 2. The molecule has 0 aliphatic heterocycles. The van der Waals surface area contributed by atoms with Gasteiger partial charge in [-0.05, 0) is 48.2 Å². The van der Waals surface area contributed by atoms with Gasteiger partial charge in [0.15, 0.2) is 23.0 Å². The Morgan fingerprint density at radius 2 is 1.40 bits per heavy atom. The molecule has 0 amide bonds. The van der Waals surface area contributed by atoms with Crippen molar-refractivity contribution in [3.63, 3.8) is 0 Å². The second-order valence-corrected chi connectivity index (χ2v) is 5.86. The van der Waals surface area contributed by atoms with Crippen LogP contribution in [0.2, 0.25) is 0 Å². The number of ether oxygens (including phenoxy) is 4. The van der Waals surface area contributed by atoms with Crippen LogP contribution in [-0.4, -0.2) is 21.3 Å². The van der Waals surface area contributed by atoms with Gasteiger partial charge in [0.2, 0.25) is 0 Å². The monoisotopic (exact) mass is 344 g/mol. The summed E-state index contributed by atoms with van der Waals surface area (Å²) in [4.78, 5) is 0. The molecule has 0 saturated carbocycles. The SMILES string of the molecule is CCCc1ccc(OC(CC)c2ccc(OC)c(OC)c2)c(OC)c1. The standard InChI is InChI=1S/C21H28O4/c1-6-8-15-9-11-19(20(13-15)23-4)25-17(7-2)16-10-12-18(22-3)21(14-16)24-5/h9-14,17H,6-8H2,1-5H3. The molecule has 2 rings (SSSR count). The number of hydrogen-bond acceptors (Lipinski definition) is 4. The highest BCUT2D eigenvalue weighted by atomic mass is 16.5. The van der Waals surface area contributed by atoms with Crippen molar-refractivity contribution in [3.8, 4) is 23.0 Å². The molecule has 2 aromatic rings. The van der Waals surface area contributed by atoms with Crippen molar-refractivity contribution in [2.45, 2.75) is 39.2 Å². The fraction of sp³-hybridized carbons (Fsp3) is 0.429. The Kier molecular flexibility index (Phi) is 6.99. The van der Waals surface area contributed by atoms with Crippen LogP contribution in [0.5, 0.6) is 23.0 Å². The molecule has 0 heterocycles. The minimum atomic E-state index is -0.0919. The molecule has 0 aliphatic carbocycles. The van der Waals surface area contributed by atoms with Crippen molar-refractivity contribution < 1.29 is 18.9 Å². The quantitative estimate of drug-likeness (QED) is 0.627. The van der Waals surface area contributed by atoms with Crippen molar-refractivity contribution in [3.05, 3.63) is 47.5 Å². The highest BCUT2D eigenvalue weighted by Gasteiger charge is 2.17. The van der Waals surface area contributed by atoms with E-state index >= 15 is 0 Å². The van der Waals surface area contributed by atoms with Gasteiger partial charge in [0.25, 0.3) is 0 Å². The lowest BCUT2D eigenvalue weighted by molar-refractivity contribution is 0.192. The smallest absolute Gasteiger partial charge is 0.162 e. The summed E-state index contributed by atoms with van der Waals surface area (Å²) in [6.45, 7) is 4.26. The number of methoxy groups -OCH3 is 3. The summed E-state index contributed by atoms with van der Waals surface area (Å²) in [5.41, 5.74) is 2.30. The van der Waals surface area contributed by atoms with Crippen molar-refractivity contribution in [1.82, 2.24) is 0 Å². The van der Waals surface area contributed by atoms with Gasteiger partial charge < -0.3 is 18.9 Å². The Morgan fingerprint density at radius 3 is 2.00 bits per heavy atom. The molecule has 1 unspecified atom stereocenters. The average Bonchev–Trinajstić information content (AvgIpc) is 2.66. The summed E-state index contributed by atoms with van der Waals surface area (Å²) in [7, 11) is 4.95. The highest BCUT2D eigenvalue weighted by Crippen LogP contribution is 2.36. The maximum atomic E-state index is 6.26. The van der Waals surface area contributed by atoms with E-state index in [0.717, 1.165) is 36.3 Å². The summed E-state index contributed by atoms with van der Waals surface area (Å²) in [5, 5.41) is 0. The maximum absolute atomic E-state index is 6.26. The fourth-order valence-electron chi connectivity index (χ4n) is 2.85. The summed E-state index contributed by atoms with van der Waals surface area (Å²) in [6, 6.07) is 12.0. The summed E-state index contributed by atoms with van der Waals surface area (Å²) in [5.74, 6) is 2.93. The average molecular weight is 344 g/mol. The van der Waals surface area contributed by atoms with E-state index in [-0.39, 0.29) is 6.10 Å². The van der Waals surface area contributed by atoms with Gasteiger partial charge in [-0.3, -0.25) is 0 Å². The van der Waals surface area contributed by atoms with Gasteiger partial charge >= 0.3 is 0 Å². The zero-order valence-electron chi connectivity index (χ0n) is 15.8. The molecule has 25 heavy (non-hydrogen) atoms. The molecule has 0 aliphatic rings. The fourth-order valence-corrected chi connectivity index (χ4v) is 2.85. The normalized spacial score (nSPS) is 11.7. The van der Waals surface area contributed by atoms with Crippen LogP contribution in [0.4, 0.5) is 0 Å². The first-order chi connectivity index (χ1) is 12.2. The second-order valence-electron chi connectivity index (χ2n) is 5.86. The zero-order valence-corrected chi connectivity index (χ0v) is 15.8. The Balaban J connectivity index is 2.27. The predicted octanol–water partition coefficient (Wildman–Crippen LogP) is 5.20. The third kappa shape index (κ3) is 4.59. The van der Waals surface area contributed by atoms with Crippen molar-refractivity contribution in [2.24, 2.45) is 0 Å². The Bertz CT molecular complexity index is 682. The van der Waals surface area contributed by atoms with E-state index in [1.807, 2.05) is 24.3 Å². The van der Waals surface area contributed by atoms with E-state index in [4.69, 9.17) is 18.9 Å². The van der Waals surface area contributed by atoms with Gasteiger partial charge in [-0.15, -0.1) is 0 Å². The van der Waals surface area contributed by atoms with Gasteiger partial charge in [0, 0.05) is 0 Å². The molecule has 0 bridgehead atoms. The lowest BCUT2D eigenvalue weighted by atomic mass is 10.1. The second kappa shape index (κ2) is 9.21. The van der Waals surface area contributed by atoms with Crippen LogP contribution in [0.15, 0.2) is 36.4 Å². The Labute approximate surface area is 150 Å². The van der Waals surface area contributed by atoms with Crippen molar-refractivity contribution >= 4 is 0 Å². The van der Waals surface area contributed by atoms with Gasteiger partial charge in [-0.25, -0.2) is 0 Å². The van der Waals surface area contributed by atoms with Crippen LogP contribution >= 0.6 is 0 Å². The van der Waals surface area contributed by atoms with Gasteiger partial charge in [0.05, 0.1) is 21.3 Å². The van der Waals surface area contributed by atoms with Crippen LogP contribution in [-0.2, 0) is 6.42 Å². The Morgan fingerprint density at radius 1 is 0.760 bits per heavy atom. The molecule has 0 aromatic heterocycles. The predicted molar refractivity (Wildman–Crippen MR) is 100 cm³/mol. The number of hydrogen-bond donors (Lipinski definition) is 0. The lowest BCUT2D eigenvalue weighted by Crippen LogP contribution is -2.08. The molecule has 4 heteroatoms. The van der Waals surface area contributed by atoms with E-state index < -0.39 is 0 Å². The van der Waals surface area contributed by atoms with Gasteiger partial charge in [-0.2, -0.15) is 0 Å². The molecule has 0 saturated heterocycles. The number of rotatable bonds is 9. The molecule has 0 radical (unpaired) electrons. The van der Waals surface area contributed by atoms with E-state index in [0.29, 0.717) is 11.5 Å². The van der Waals surface area contributed by atoms with Crippen molar-refractivity contribution in [1.29, 1.82) is 0 Å². The van der Waals surface area contributed by atoms with E-state index in [1.165, 1.54) is 5.56 Å². The summed E-state index contributed by atoms with van der Waals surface area (Å²) in [6.07, 6.45) is 2.87. The minimum Gasteiger partial charge on any atom is -0.493 e. The molecule has 0 N–H and O–H groups in total. The number of aryl methyl sites for hydroxylation is 1. The van der Waals surface area contributed by atoms with Gasteiger partial charge in [0.1, 0.15) is 6.10 Å².